The average molecular weight is 350 g/mol. The first-order valence-electron chi connectivity index (χ1n) is 8.21. The molecule has 3 rings (SSSR count). The van der Waals surface area contributed by atoms with Crippen molar-refractivity contribution in [3.05, 3.63) is 70.3 Å². The SMILES string of the molecule is CCCn1c(=O)c(C(=O)NN=Cc2cccnc2)c(O)c2ccccc21. The highest BCUT2D eigenvalue weighted by molar-refractivity contribution is 6.02. The predicted molar refractivity (Wildman–Crippen MR) is 99.5 cm³/mol. The molecule has 0 bridgehead atoms. The van der Waals surface area contributed by atoms with Gasteiger partial charge in [0.15, 0.2) is 0 Å². The first-order chi connectivity index (χ1) is 12.6. The van der Waals surface area contributed by atoms with Gasteiger partial charge >= 0.3 is 0 Å². The number of amides is 1. The molecule has 0 saturated heterocycles. The van der Waals surface area contributed by atoms with Gasteiger partial charge in [0, 0.05) is 29.9 Å². The number of pyridine rings is 2. The number of hydrazone groups is 1. The molecule has 0 spiro atoms. The Kier molecular flexibility index (Phi) is 5.07. The first-order valence-corrected chi connectivity index (χ1v) is 8.21. The van der Waals surface area contributed by atoms with Gasteiger partial charge in [-0.25, -0.2) is 5.43 Å². The number of nitrogens with zero attached hydrogens (tertiary/aromatic N) is 3. The van der Waals surface area contributed by atoms with Crippen molar-refractivity contribution >= 4 is 23.0 Å². The maximum atomic E-state index is 12.7. The molecule has 7 nitrogen and oxygen atoms in total. The molecule has 2 heterocycles. The summed E-state index contributed by atoms with van der Waals surface area (Å²) < 4.78 is 1.49. The Morgan fingerprint density at radius 1 is 1.31 bits per heavy atom. The second-order valence-corrected chi connectivity index (χ2v) is 5.68. The molecule has 0 fully saturated rings. The zero-order chi connectivity index (χ0) is 18.5. The van der Waals surface area contributed by atoms with Crippen LogP contribution in [0.1, 0.15) is 29.3 Å². The summed E-state index contributed by atoms with van der Waals surface area (Å²) in [6.07, 6.45) is 5.33. The summed E-state index contributed by atoms with van der Waals surface area (Å²) in [6.45, 7) is 2.38. The second-order valence-electron chi connectivity index (χ2n) is 5.68. The van der Waals surface area contributed by atoms with Gasteiger partial charge in [0.1, 0.15) is 11.3 Å². The molecule has 26 heavy (non-hydrogen) atoms. The minimum atomic E-state index is -0.761. The lowest BCUT2D eigenvalue weighted by molar-refractivity contribution is 0.0950. The molecular formula is C19H18N4O3. The normalized spacial score (nSPS) is 11.1. The van der Waals surface area contributed by atoms with Crippen molar-refractivity contribution in [1.29, 1.82) is 0 Å². The Balaban J connectivity index is 2.00. The van der Waals surface area contributed by atoms with Crippen LogP contribution >= 0.6 is 0 Å². The van der Waals surface area contributed by atoms with E-state index in [1.165, 1.54) is 10.8 Å². The molecule has 3 aromatic rings. The maximum absolute atomic E-state index is 12.7. The Morgan fingerprint density at radius 2 is 2.12 bits per heavy atom. The van der Waals surface area contributed by atoms with Crippen LogP contribution in [0.2, 0.25) is 0 Å². The Hall–Kier alpha value is -3.48. The smallest absolute Gasteiger partial charge is 0.280 e. The monoisotopic (exact) mass is 350 g/mol. The second kappa shape index (κ2) is 7.60. The van der Waals surface area contributed by atoms with Crippen LogP contribution in [0.5, 0.6) is 5.75 Å². The first kappa shape index (κ1) is 17.3. The molecule has 0 aliphatic rings. The molecule has 0 aliphatic carbocycles. The fourth-order valence-electron chi connectivity index (χ4n) is 2.71. The number of aryl methyl sites for hydroxylation is 1. The van der Waals surface area contributed by atoms with Gasteiger partial charge in [-0.3, -0.25) is 14.6 Å². The zero-order valence-corrected chi connectivity index (χ0v) is 14.2. The topological polar surface area (TPSA) is 96.6 Å². The van der Waals surface area contributed by atoms with Gasteiger partial charge in [0.05, 0.1) is 11.7 Å². The van der Waals surface area contributed by atoms with Crippen molar-refractivity contribution in [2.45, 2.75) is 19.9 Å². The van der Waals surface area contributed by atoms with Crippen molar-refractivity contribution in [2.24, 2.45) is 5.10 Å². The lowest BCUT2D eigenvalue weighted by atomic mass is 10.1. The number of carbonyl (C=O) groups is 1. The van der Waals surface area contributed by atoms with Crippen molar-refractivity contribution in [3.63, 3.8) is 0 Å². The lowest BCUT2D eigenvalue weighted by Gasteiger charge is -2.13. The number of benzene rings is 1. The van der Waals surface area contributed by atoms with Gasteiger partial charge in [-0.05, 0) is 24.6 Å². The summed E-state index contributed by atoms with van der Waals surface area (Å²) in [5.74, 6) is -1.10. The van der Waals surface area contributed by atoms with E-state index in [2.05, 4.69) is 15.5 Å². The van der Waals surface area contributed by atoms with Crippen LogP contribution in [0, 0.1) is 0 Å². The highest BCUT2D eigenvalue weighted by Crippen LogP contribution is 2.26. The van der Waals surface area contributed by atoms with E-state index in [0.717, 1.165) is 6.42 Å². The van der Waals surface area contributed by atoms with Gasteiger partial charge in [0.25, 0.3) is 11.5 Å². The highest BCUT2D eigenvalue weighted by atomic mass is 16.3. The molecular weight excluding hydrogens is 332 g/mol. The highest BCUT2D eigenvalue weighted by Gasteiger charge is 2.21. The summed E-state index contributed by atoms with van der Waals surface area (Å²) in [6, 6.07) is 10.4. The number of nitrogens with one attached hydrogen (secondary N) is 1. The van der Waals surface area contributed by atoms with E-state index in [0.29, 0.717) is 23.0 Å². The summed E-state index contributed by atoms with van der Waals surface area (Å²) in [7, 11) is 0. The number of aromatic hydroxyl groups is 1. The summed E-state index contributed by atoms with van der Waals surface area (Å²) in [5, 5.41) is 14.8. The third kappa shape index (κ3) is 3.32. The zero-order valence-electron chi connectivity index (χ0n) is 14.2. The van der Waals surface area contributed by atoms with E-state index in [4.69, 9.17) is 0 Å². The average Bonchev–Trinajstić information content (AvgIpc) is 2.66. The summed E-state index contributed by atoms with van der Waals surface area (Å²) in [5.41, 5.74) is 2.71. The molecule has 0 saturated carbocycles. The fraction of sp³-hybridized carbons (Fsp3) is 0.158. The van der Waals surface area contributed by atoms with Crippen LogP contribution < -0.4 is 11.0 Å². The van der Waals surface area contributed by atoms with E-state index >= 15 is 0 Å². The van der Waals surface area contributed by atoms with Crippen LogP contribution in [0.3, 0.4) is 0 Å². The third-order valence-electron chi connectivity index (χ3n) is 3.88. The van der Waals surface area contributed by atoms with E-state index in [1.807, 2.05) is 6.92 Å². The van der Waals surface area contributed by atoms with Gasteiger partial charge in [-0.15, -0.1) is 0 Å². The largest absolute Gasteiger partial charge is 0.506 e. The number of para-hydroxylation sites is 1. The number of rotatable bonds is 5. The molecule has 2 aromatic heterocycles. The van der Waals surface area contributed by atoms with Gasteiger partial charge in [-0.2, -0.15) is 5.10 Å². The van der Waals surface area contributed by atoms with Gasteiger partial charge in [-0.1, -0.05) is 25.1 Å². The molecule has 0 aliphatic heterocycles. The maximum Gasteiger partial charge on any atom is 0.280 e. The predicted octanol–water partition coefficient (Wildman–Crippen LogP) is 2.28. The molecule has 132 valence electrons. The fourth-order valence-corrected chi connectivity index (χ4v) is 2.71. The van der Waals surface area contributed by atoms with Crippen LogP contribution in [0.15, 0.2) is 58.7 Å². The van der Waals surface area contributed by atoms with Crippen LogP contribution in [0.4, 0.5) is 0 Å². The summed E-state index contributed by atoms with van der Waals surface area (Å²) >= 11 is 0. The molecule has 1 amide bonds. The standard InChI is InChI=1S/C19H18N4O3/c1-2-10-23-15-8-4-3-7-14(15)17(24)16(19(23)26)18(25)22-21-12-13-6-5-9-20-11-13/h3-9,11-12,24H,2,10H2,1H3,(H,22,25). The van der Waals surface area contributed by atoms with Crippen molar-refractivity contribution < 1.29 is 9.90 Å². The quantitative estimate of drug-likeness (QED) is 0.545. The van der Waals surface area contributed by atoms with Gasteiger partial charge in [0.2, 0.25) is 0 Å². The third-order valence-corrected chi connectivity index (χ3v) is 3.88. The van der Waals surface area contributed by atoms with E-state index in [-0.39, 0.29) is 11.3 Å². The van der Waals surface area contributed by atoms with Crippen LogP contribution in [-0.4, -0.2) is 26.8 Å². The number of aromatic nitrogens is 2. The molecule has 0 atom stereocenters. The van der Waals surface area contributed by atoms with E-state index in [1.54, 1.807) is 48.8 Å². The van der Waals surface area contributed by atoms with Gasteiger partial charge < -0.3 is 9.67 Å². The molecule has 2 N–H and O–H groups in total. The van der Waals surface area contributed by atoms with Crippen molar-refractivity contribution in [3.8, 4) is 5.75 Å². The molecule has 0 radical (unpaired) electrons. The lowest BCUT2D eigenvalue weighted by Crippen LogP contribution is -2.31. The number of hydrogen-bond donors (Lipinski definition) is 2. The van der Waals surface area contributed by atoms with Crippen molar-refractivity contribution in [2.75, 3.05) is 0 Å². The molecule has 0 unspecified atom stereocenters. The van der Waals surface area contributed by atoms with Crippen LogP contribution in [-0.2, 0) is 6.54 Å². The van der Waals surface area contributed by atoms with Crippen LogP contribution in [0.25, 0.3) is 10.9 Å². The van der Waals surface area contributed by atoms with E-state index in [9.17, 15) is 14.7 Å². The van der Waals surface area contributed by atoms with Crippen molar-refractivity contribution in [1.82, 2.24) is 15.0 Å². The van der Waals surface area contributed by atoms with E-state index < -0.39 is 11.5 Å². The molecule has 1 aromatic carbocycles. The Labute approximate surface area is 149 Å². The minimum absolute atomic E-state index is 0.319. The number of hydrogen-bond acceptors (Lipinski definition) is 5. The number of fused-ring (bicyclic) bond motifs is 1. The summed E-state index contributed by atoms with van der Waals surface area (Å²) in [4.78, 5) is 29.1. The molecule has 7 heteroatoms. The minimum Gasteiger partial charge on any atom is -0.506 e. The number of carbonyl (C=O) groups excluding carboxylic acids is 1. The Bertz CT molecular complexity index is 1030. The Morgan fingerprint density at radius 3 is 2.85 bits per heavy atom.